The van der Waals surface area contributed by atoms with Crippen LogP contribution < -0.4 is 10.1 Å². The van der Waals surface area contributed by atoms with E-state index in [0.717, 1.165) is 5.69 Å². The number of nitrogens with zero attached hydrogens (tertiary/aromatic N) is 2. The highest BCUT2D eigenvalue weighted by Crippen LogP contribution is 2.12. The van der Waals surface area contributed by atoms with Gasteiger partial charge in [0.1, 0.15) is 0 Å². The van der Waals surface area contributed by atoms with Crippen LogP contribution in [0, 0.1) is 6.92 Å². The SMILES string of the molecule is CCOc1cc(C)nc(NCC(CC(=O)O)OC)n1. The molecular formula is C12H19N3O4. The summed E-state index contributed by atoms with van der Waals surface area (Å²) in [4.78, 5) is 19.0. The van der Waals surface area contributed by atoms with Crippen LogP contribution in [0.25, 0.3) is 0 Å². The number of aliphatic carboxylic acids is 1. The lowest BCUT2D eigenvalue weighted by Gasteiger charge is -2.14. The van der Waals surface area contributed by atoms with Crippen LogP contribution in [-0.4, -0.2) is 47.4 Å². The molecule has 106 valence electrons. The van der Waals surface area contributed by atoms with Crippen molar-refractivity contribution in [3.8, 4) is 5.88 Å². The van der Waals surface area contributed by atoms with E-state index in [0.29, 0.717) is 25.0 Å². The number of ether oxygens (including phenoxy) is 2. The zero-order chi connectivity index (χ0) is 14.3. The van der Waals surface area contributed by atoms with Gasteiger partial charge in [0.15, 0.2) is 0 Å². The first-order chi connectivity index (χ1) is 9.05. The Labute approximate surface area is 112 Å². The first-order valence-corrected chi connectivity index (χ1v) is 6.02. The van der Waals surface area contributed by atoms with E-state index < -0.39 is 12.1 Å². The monoisotopic (exact) mass is 269 g/mol. The standard InChI is InChI=1S/C12H19N3O4/c1-4-19-10-5-8(2)14-12(15-10)13-7-9(18-3)6-11(16)17/h5,9H,4,6-7H2,1-3H3,(H,16,17)(H,13,14,15). The number of hydrogen-bond donors (Lipinski definition) is 2. The molecule has 2 N–H and O–H groups in total. The number of hydrogen-bond acceptors (Lipinski definition) is 6. The van der Waals surface area contributed by atoms with E-state index in [4.69, 9.17) is 14.6 Å². The van der Waals surface area contributed by atoms with Crippen molar-refractivity contribution in [1.29, 1.82) is 0 Å². The quantitative estimate of drug-likeness (QED) is 0.729. The van der Waals surface area contributed by atoms with Crippen LogP contribution in [0.2, 0.25) is 0 Å². The van der Waals surface area contributed by atoms with E-state index in [1.807, 2.05) is 13.8 Å². The van der Waals surface area contributed by atoms with Crippen LogP contribution in [0.4, 0.5) is 5.95 Å². The van der Waals surface area contributed by atoms with E-state index in [1.165, 1.54) is 7.11 Å². The van der Waals surface area contributed by atoms with Crippen LogP contribution in [0.5, 0.6) is 5.88 Å². The second-order valence-electron chi connectivity index (χ2n) is 3.94. The molecule has 1 rings (SSSR count). The number of carboxylic acids is 1. The average molecular weight is 269 g/mol. The molecule has 0 saturated heterocycles. The molecule has 1 aromatic heterocycles. The highest BCUT2D eigenvalue weighted by Gasteiger charge is 2.13. The number of aromatic nitrogens is 2. The number of carbonyl (C=O) groups is 1. The van der Waals surface area contributed by atoms with Crippen molar-refractivity contribution in [2.45, 2.75) is 26.4 Å². The van der Waals surface area contributed by atoms with Crippen molar-refractivity contribution in [3.05, 3.63) is 11.8 Å². The summed E-state index contributed by atoms with van der Waals surface area (Å²) in [5.74, 6) is -0.0191. The van der Waals surface area contributed by atoms with Gasteiger partial charge in [-0.1, -0.05) is 0 Å². The summed E-state index contributed by atoms with van der Waals surface area (Å²) < 4.78 is 10.4. The topological polar surface area (TPSA) is 93.6 Å². The summed E-state index contributed by atoms with van der Waals surface area (Å²) in [6, 6.07) is 1.74. The third-order valence-electron chi connectivity index (χ3n) is 2.35. The van der Waals surface area contributed by atoms with Gasteiger partial charge < -0.3 is 19.9 Å². The molecule has 7 heteroatoms. The summed E-state index contributed by atoms with van der Waals surface area (Å²) in [6.07, 6.45) is -0.509. The molecule has 0 amide bonds. The molecule has 19 heavy (non-hydrogen) atoms. The van der Waals surface area contributed by atoms with Crippen LogP contribution in [-0.2, 0) is 9.53 Å². The third-order valence-corrected chi connectivity index (χ3v) is 2.35. The normalized spacial score (nSPS) is 11.9. The highest BCUT2D eigenvalue weighted by atomic mass is 16.5. The average Bonchev–Trinajstić information content (AvgIpc) is 2.33. The number of carboxylic acid groups (broad SMARTS) is 1. The Hall–Kier alpha value is -1.89. The van der Waals surface area contributed by atoms with Gasteiger partial charge >= 0.3 is 5.97 Å². The minimum Gasteiger partial charge on any atom is -0.481 e. The van der Waals surface area contributed by atoms with Gasteiger partial charge in [-0.15, -0.1) is 0 Å². The molecule has 0 aliphatic heterocycles. The molecule has 0 aliphatic carbocycles. The maximum Gasteiger partial charge on any atom is 0.306 e. The van der Waals surface area contributed by atoms with Crippen LogP contribution in [0.3, 0.4) is 0 Å². The zero-order valence-electron chi connectivity index (χ0n) is 11.3. The molecule has 0 aliphatic rings. The Morgan fingerprint density at radius 2 is 2.26 bits per heavy atom. The molecule has 1 unspecified atom stereocenters. The van der Waals surface area contributed by atoms with Crippen LogP contribution in [0.15, 0.2) is 6.07 Å². The summed E-state index contributed by atoms with van der Waals surface area (Å²) in [7, 11) is 1.47. The summed E-state index contributed by atoms with van der Waals surface area (Å²) in [5, 5.41) is 11.7. The predicted octanol–water partition coefficient (Wildman–Crippen LogP) is 1.09. The molecule has 0 spiro atoms. The second-order valence-corrected chi connectivity index (χ2v) is 3.94. The van der Waals surface area contributed by atoms with Gasteiger partial charge in [-0.2, -0.15) is 4.98 Å². The van der Waals surface area contributed by atoms with E-state index in [-0.39, 0.29) is 6.42 Å². The minimum atomic E-state index is -0.909. The minimum absolute atomic E-state index is 0.0758. The zero-order valence-corrected chi connectivity index (χ0v) is 11.3. The first kappa shape index (κ1) is 15.2. The van der Waals surface area contributed by atoms with Gasteiger partial charge in [-0.05, 0) is 13.8 Å². The summed E-state index contributed by atoms with van der Waals surface area (Å²) >= 11 is 0. The van der Waals surface area contributed by atoms with E-state index in [1.54, 1.807) is 6.07 Å². The van der Waals surface area contributed by atoms with Crippen molar-refractivity contribution in [1.82, 2.24) is 9.97 Å². The van der Waals surface area contributed by atoms with Gasteiger partial charge in [0.2, 0.25) is 11.8 Å². The maximum absolute atomic E-state index is 10.6. The van der Waals surface area contributed by atoms with Gasteiger partial charge in [-0.25, -0.2) is 4.98 Å². The lowest BCUT2D eigenvalue weighted by Crippen LogP contribution is -2.25. The summed E-state index contributed by atoms with van der Waals surface area (Å²) in [5.41, 5.74) is 0.771. The van der Waals surface area contributed by atoms with Gasteiger partial charge in [0.25, 0.3) is 0 Å². The Bertz CT molecular complexity index is 425. The van der Waals surface area contributed by atoms with Gasteiger partial charge in [-0.3, -0.25) is 4.79 Å². The lowest BCUT2D eigenvalue weighted by molar-refractivity contribution is -0.139. The van der Waals surface area contributed by atoms with Crippen LogP contribution >= 0.6 is 0 Å². The molecular weight excluding hydrogens is 250 g/mol. The molecule has 1 heterocycles. The Kier molecular flexibility index (Phi) is 6.01. The highest BCUT2D eigenvalue weighted by molar-refractivity contribution is 5.67. The molecule has 0 aromatic carbocycles. The van der Waals surface area contributed by atoms with Crippen molar-refractivity contribution >= 4 is 11.9 Å². The first-order valence-electron chi connectivity index (χ1n) is 6.02. The fourth-order valence-electron chi connectivity index (χ4n) is 1.48. The lowest BCUT2D eigenvalue weighted by atomic mass is 10.2. The van der Waals surface area contributed by atoms with Crippen LogP contribution in [0.1, 0.15) is 19.0 Å². The van der Waals surface area contributed by atoms with Crippen molar-refractivity contribution in [3.63, 3.8) is 0 Å². The fourth-order valence-corrected chi connectivity index (χ4v) is 1.48. The Morgan fingerprint density at radius 1 is 1.53 bits per heavy atom. The molecule has 0 radical (unpaired) electrons. The summed E-state index contributed by atoms with van der Waals surface area (Å²) in [6.45, 7) is 4.55. The molecule has 1 atom stereocenters. The fraction of sp³-hybridized carbons (Fsp3) is 0.583. The molecule has 0 saturated carbocycles. The second kappa shape index (κ2) is 7.52. The molecule has 0 bridgehead atoms. The van der Waals surface area contributed by atoms with Gasteiger partial charge in [0.05, 0.1) is 19.1 Å². The maximum atomic E-state index is 10.6. The van der Waals surface area contributed by atoms with Gasteiger partial charge in [0, 0.05) is 25.4 Å². The van der Waals surface area contributed by atoms with E-state index in [9.17, 15) is 4.79 Å². The van der Waals surface area contributed by atoms with E-state index in [2.05, 4.69) is 15.3 Å². The molecule has 0 fully saturated rings. The number of anilines is 1. The molecule has 7 nitrogen and oxygen atoms in total. The largest absolute Gasteiger partial charge is 0.481 e. The predicted molar refractivity (Wildman–Crippen MR) is 69.5 cm³/mol. The Balaban J connectivity index is 2.63. The van der Waals surface area contributed by atoms with Crippen molar-refractivity contribution in [2.24, 2.45) is 0 Å². The molecule has 1 aromatic rings. The van der Waals surface area contributed by atoms with E-state index >= 15 is 0 Å². The third kappa shape index (κ3) is 5.52. The van der Waals surface area contributed by atoms with Crippen molar-refractivity contribution in [2.75, 3.05) is 25.6 Å². The smallest absolute Gasteiger partial charge is 0.306 e. The number of aryl methyl sites for hydroxylation is 1. The number of nitrogens with one attached hydrogen (secondary N) is 1. The number of rotatable bonds is 8. The van der Waals surface area contributed by atoms with Crippen molar-refractivity contribution < 1.29 is 19.4 Å². The number of methoxy groups -OCH3 is 1. The Morgan fingerprint density at radius 3 is 2.84 bits per heavy atom.